The van der Waals surface area contributed by atoms with Crippen molar-refractivity contribution in [3.63, 3.8) is 0 Å². The van der Waals surface area contributed by atoms with Gasteiger partial charge in [-0.3, -0.25) is 0 Å². The van der Waals surface area contributed by atoms with Gasteiger partial charge in [0, 0.05) is 0 Å². The Kier molecular flexibility index (Phi) is 2.97. The number of nitrogens with zero attached hydrogens (tertiary/aromatic N) is 3. The SMILES string of the molecule is Cc1nn(C2CCCCC2)c(Cl)c1C#N. The second kappa shape index (κ2) is 4.24. The Bertz CT molecular complexity index is 397. The van der Waals surface area contributed by atoms with E-state index in [4.69, 9.17) is 16.9 Å². The molecule has 4 heteroatoms. The molecule has 0 N–H and O–H groups in total. The maximum Gasteiger partial charge on any atom is 0.145 e. The highest BCUT2D eigenvalue weighted by atomic mass is 35.5. The lowest BCUT2D eigenvalue weighted by Crippen LogP contribution is -2.14. The maximum absolute atomic E-state index is 8.92. The van der Waals surface area contributed by atoms with E-state index in [1.165, 1.54) is 19.3 Å². The van der Waals surface area contributed by atoms with Gasteiger partial charge in [0.2, 0.25) is 0 Å². The fourth-order valence-electron chi connectivity index (χ4n) is 2.21. The van der Waals surface area contributed by atoms with Crippen molar-refractivity contribution in [2.45, 2.75) is 45.1 Å². The van der Waals surface area contributed by atoms with E-state index in [0.29, 0.717) is 16.8 Å². The van der Waals surface area contributed by atoms with Gasteiger partial charge in [-0.2, -0.15) is 10.4 Å². The van der Waals surface area contributed by atoms with Crippen LogP contribution in [-0.4, -0.2) is 9.78 Å². The van der Waals surface area contributed by atoms with Crippen LogP contribution in [0.5, 0.6) is 0 Å². The Morgan fingerprint density at radius 1 is 1.40 bits per heavy atom. The minimum atomic E-state index is 0.395. The monoisotopic (exact) mass is 223 g/mol. The first-order chi connectivity index (χ1) is 7.24. The zero-order valence-corrected chi connectivity index (χ0v) is 9.59. The zero-order chi connectivity index (χ0) is 10.8. The summed E-state index contributed by atoms with van der Waals surface area (Å²) in [6, 6.07) is 2.50. The third-order valence-corrected chi connectivity index (χ3v) is 3.42. The predicted octanol–water partition coefficient (Wildman–Crippen LogP) is 3.22. The molecule has 0 spiro atoms. The van der Waals surface area contributed by atoms with Gasteiger partial charge < -0.3 is 0 Å². The van der Waals surface area contributed by atoms with E-state index in [1.807, 2.05) is 11.6 Å². The van der Waals surface area contributed by atoms with Crippen molar-refractivity contribution >= 4 is 11.6 Å². The van der Waals surface area contributed by atoms with Crippen molar-refractivity contribution in [1.82, 2.24) is 9.78 Å². The smallest absolute Gasteiger partial charge is 0.145 e. The largest absolute Gasteiger partial charge is 0.249 e. The van der Waals surface area contributed by atoms with Gasteiger partial charge in [0.25, 0.3) is 0 Å². The number of aromatic nitrogens is 2. The molecule has 1 saturated carbocycles. The summed E-state index contributed by atoms with van der Waals surface area (Å²) >= 11 is 6.14. The summed E-state index contributed by atoms with van der Waals surface area (Å²) in [7, 11) is 0. The molecule has 80 valence electrons. The lowest BCUT2D eigenvalue weighted by molar-refractivity contribution is 0.329. The van der Waals surface area contributed by atoms with Gasteiger partial charge in [0.15, 0.2) is 0 Å². The molecule has 0 unspecified atom stereocenters. The number of hydrogen-bond acceptors (Lipinski definition) is 2. The molecule has 0 amide bonds. The van der Waals surface area contributed by atoms with Crippen LogP contribution in [0.2, 0.25) is 5.15 Å². The molecule has 0 aromatic carbocycles. The number of nitriles is 1. The molecule has 1 heterocycles. The van der Waals surface area contributed by atoms with Gasteiger partial charge in [0.1, 0.15) is 16.8 Å². The quantitative estimate of drug-likeness (QED) is 0.734. The maximum atomic E-state index is 8.92. The standard InChI is InChI=1S/C11H14ClN3/c1-8-10(7-13)11(12)15(14-8)9-5-3-2-4-6-9/h9H,2-6H2,1H3. The van der Waals surface area contributed by atoms with Crippen molar-refractivity contribution in [3.8, 4) is 6.07 Å². The Balaban J connectivity index is 2.32. The van der Waals surface area contributed by atoms with Crippen LogP contribution >= 0.6 is 11.6 Å². The molecule has 0 saturated heterocycles. The molecule has 1 fully saturated rings. The van der Waals surface area contributed by atoms with Gasteiger partial charge in [-0.05, 0) is 19.8 Å². The first-order valence-corrected chi connectivity index (χ1v) is 5.76. The lowest BCUT2D eigenvalue weighted by atomic mass is 9.96. The topological polar surface area (TPSA) is 41.6 Å². The summed E-state index contributed by atoms with van der Waals surface area (Å²) in [6.07, 6.45) is 6.04. The van der Waals surface area contributed by atoms with E-state index in [9.17, 15) is 0 Å². The summed E-state index contributed by atoms with van der Waals surface area (Å²) in [5, 5.41) is 13.8. The van der Waals surface area contributed by atoms with Crippen LogP contribution in [0.1, 0.15) is 49.4 Å². The average Bonchev–Trinajstić information content (AvgIpc) is 2.55. The second-order valence-corrected chi connectivity index (χ2v) is 4.46. The van der Waals surface area contributed by atoms with Gasteiger partial charge in [-0.1, -0.05) is 30.9 Å². The molecule has 2 rings (SSSR count). The highest BCUT2D eigenvalue weighted by molar-refractivity contribution is 6.30. The number of aryl methyl sites for hydroxylation is 1. The van der Waals surface area contributed by atoms with Crippen LogP contribution in [0.25, 0.3) is 0 Å². The van der Waals surface area contributed by atoms with Crippen molar-refractivity contribution in [1.29, 1.82) is 5.26 Å². The third kappa shape index (κ3) is 1.87. The fraction of sp³-hybridized carbons (Fsp3) is 0.636. The predicted molar refractivity (Wildman–Crippen MR) is 58.8 cm³/mol. The highest BCUT2D eigenvalue weighted by Crippen LogP contribution is 2.32. The minimum absolute atomic E-state index is 0.395. The molecule has 1 aromatic heterocycles. The van der Waals surface area contributed by atoms with E-state index in [1.54, 1.807) is 0 Å². The Morgan fingerprint density at radius 2 is 2.07 bits per heavy atom. The summed E-state index contributed by atoms with van der Waals surface area (Å²) < 4.78 is 1.84. The Hall–Kier alpha value is -1.01. The molecule has 0 bridgehead atoms. The van der Waals surface area contributed by atoms with Crippen molar-refractivity contribution in [2.75, 3.05) is 0 Å². The Morgan fingerprint density at radius 3 is 2.60 bits per heavy atom. The van der Waals surface area contributed by atoms with Gasteiger partial charge in [-0.15, -0.1) is 0 Å². The molecule has 0 aliphatic heterocycles. The fourth-order valence-corrected chi connectivity index (χ4v) is 2.57. The van der Waals surface area contributed by atoms with Crippen LogP contribution in [0, 0.1) is 18.3 Å². The second-order valence-electron chi connectivity index (χ2n) is 4.10. The minimum Gasteiger partial charge on any atom is -0.249 e. The molecule has 1 aliphatic carbocycles. The molecule has 1 aromatic rings. The van der Waals surface area contributed by atoms with Crippen molar-refractivity contribution in [2.24, 2.45) is 0 Å². The van der Waals surface area contributed by atoms with E-state index in [0.717, 1.165) is 18.5 Å². The van der Waals surface area contributed by atoms with E-state index >= 15 is 0 Å². The third-order valence-electron chi connectivity index (χ3n) is 3.06. The normalized spacial score (nSPS) is 17.7. The van der Waals surface area contributed by atoms with E-state index < -0.39 is 0 Å². The van der Waals surface area contributed by atoms with Crippen LogP contribution in [0.4, 0.5) is 0 Å². The number of halogens is 1. The summed E-state index contributed by atoms with van der Waals surface area (Å²) in [6.45, 7) is 1.84. The van der Waals surface area contributed by atoms with Crippen LogP contribution in [-0.2, 0) is 0 Å². The number of rotatable bonds is 1. The first-order valence-electron chi connectivity index (χ1n) is 5.38. The summed E-state index contributed by atoms with van der Waals surface area (Å²) in [5.74, 6) is 0. The number of hydrogen-bond donors (Lipinski definition) is 0. The zero-order valence-electron chi connectivity index (χ0n) is 8.83. The van der Waals surface area contributed by atoms with Gasteiger partial charge >= 0.3 is 0 Å². The molecular formula is C11H14ClN3. The first kappa shape index (κ1) is 10.5. The Labute approximate surface area is 94.6 Å². The van der Waals surface area contributed by atoms with Crippen molar-refractivity contribution < 1.29 is 0 Å². The summed E-state index contributed by atoms with van der Waals surface area (Å²) in [4.78, 5) is 0. The molecule has 0 atom stereocenters. The molecule has 0 radical (unpaired) electrons. The molecular weight excluding hydrogens is 210 g/mol. The molecule has 15 heavy (non-hydrogen) atoms. The van der Waals surface area contributed by atoms with Crippen LogP contribution in [0.15, 0.2) is 0 Å². The van der Waals surface area contributed by atoms with E-state index in [2.05, 4.69) is 11.2 Å². The van der Waals surface area contributed by atoms with E-state index in [-0.39, 0.29) is 0 Å². The molecule has 3 nitrogen and oxygen atoms in total. The average molecular weight is 224 g/mol. The summed E-state index contributed by atoms with van der Waals surface area (Å²) in [5.41, 5.74) is 1.27. The highest BCUT2D eigenvalue weighted by Gasteiger charge is 2.21. The molecule has 1 aliphatic rings. The van der Waals surface area contributed by atoms with Crippen LogP contribution in [0.3, 0.4) is 0 Å². The lowest BCUT2D eigenvalue weighted by Gasteiger charge is -2.22. The van der Waals surface area contributed by atoms with Gasteiger partial charge in [-0.25, -0.2) is 4.68 Å². The van der Waals surface area contributed by atoms with Gasteiger partial charge in [0.05, 0.1) is 11.7 Å². The van der Waals surface area contributed by atoms with Crippen molar-refractivity contribution in [3.05, 3.63) is 16.4 Å². The van der Waals surface area contributed by atoms with Crippen LogP contribution < -0.4 is 0 Å².